The Bertz CT molecular complexity index is 556. The highest BCUT2D eigenvalue weighted by atomic mass is 19.3. The number of nitrogens with zero attached hydrogens (tertiary/aromatic N) is 1. The van der Waals surface area contributed by atoms with E-state index in [0.717, 1.165) is 12.1 Å². The minimum Gasteiger partial charge on any atom is -0.493 e. The van der Waals surface area contributed by atoms with Gasteiger partial charge < -0.3 is 4.74 Å². The standard InChI is InChI=1S/C13H12F3NO2/c1-12(15,16)8-5-9(11(19-2)10(14)6-8)13(3-4-13)17-7-18/h5-6H,3-4H2,1-2H3. The Morgan fingerprint density at radius 3 is 2.47 bits per heavy atom. The van der Waals surface area contributed by atoms with Crippen molar-refractivity contribution in [3.8, 4) is 5.75 Å². The first-order chi connectivity index (χ1) is 8.84. The minimum absolute atomic E-state index is 0.149. The molecule has 102 valence electrons. The number of methoxy groups -OCH3 is 1. The molecule has 19 heavy (non-hydrogen) atoms. The SMILES string of the molecule is COc1c(F)cc(C(C)(F)F)cc1C1(N=C=O)CC1. The fourth-order valence-corrected chi connectivity index (χ4v) is 2.05. The molecule has 1 saturated carbocycles. The number of benzene rings is 1. The number of halogens is 3. The second kappa shape index (κ2) is 4.38. The fraction of sp³-hybridized carbons (Fsp3) is 0.462. The van der Waals surface area contributed by atoms with Gasteiger partial charge in [-0.1, -0.05) is 0 Å². The molecule has 6 heteroatoms. The Balaban J connectivity index is 2.64. The molecular formula is C13H12F3NO2. The maximum atomic E-state index is 13.8. The molecule has 0 radical (unpaired) electrons. The van der Waals surface area contributed by atoms with Crippen molar-refractivity contribution in [1.29, 1.82) is 0 Å². The summed E-state index contributed by atoms with van der Waals surface area (Å²) >= 11 is 0. The lowest BCUT2D eigenvalue weighted by Crippen LogP contribution is -2.13. The molecule has 0 aromatic heterocycles. The Hall–Kier alpha value is -1.81. The van der Waals surface area contributed by atoms with Gasteiger partial charge in [-0.3, -0.25) is 0 Å². The van der Waals surface area contributed by atoms with Crippen LogP contribution in [0.5, 0.6) is 5.75 Å². The maximum absolute atomic E-state index is 13.8. The van der Waals surface area contributed by atoms with Crippen LogP contribution in [0.15, 0.2) is 17.1 Å². The summed E-state index contributed by atoms with van der Waals surface area (Å²) in [6, 6.07) is 1.89. The molecule has 1 aromatic rings. The van der Waals surface area contributed by atoms with Crippen LogP contribution in [0.4, 0.5) is 13.2 Å². The van der Waals surface area contributed by atoms with Crippen LogP contribution in [0.25, 0.3) is 0 Å². The van der Waals surface area contributed by atoms with Crippen molar-refractivity contribution in [3.05, 3.63) is 29.1 Å². The number of alkyl halides is 2. The average molecular weight is 271 g/mol. The van der Waals surface area contributed by atoms with Crippen LogP contribution >= 0.6 is 0 Å². The van der Waals surface area contributed by atoms with Gasteiger partial charge in [-0.25, -0.2) is 18.0 Å². The summed E-state index contributed by atoms with van der Waals surface area (Å²) in [5, 5.41) is 0. The largest absolute Gasteiger partial charge is 0.493 e. The zero-order valence-corrected chi connectivity index (χ0v) is 10.5. The lowest BCUT2D eigenvalue weighted by Gasteiger charge is -2.18. The molecule has 0 N–H and O–H groups in total. The van der Waals surface area contributed by atoms with E-state index in [-0.39, 0.29) is 11.3 Å². The molecule has 1 aromatic carbocycles. The van der Waals surface area contributed by atoms with Crippen molar-refractivity contribution in [2.24, 2.45) is 4.99 Å². The first-order valence-corrected chi connectivity index (χ1v) is 5.69. The van der Waals surface area contributed by atoms with E-state index in [9.17, 15) is 18.0 Å². The van der Waals surface area contributed by atoms with Crippen molar-refractivity contribution in [1.82, 2.24) is 0 Å². The second-order valence-corrected chi connectivity index (χ2v) is 4.66. The average Bonchev–Trinajstić information content (AvgIpc) is 3.08. The third-order valence-corrected chi connectivity index (χ3v) is 3.24. The molecule has 0 saturated heterocycles. The first kappa shape index (κ1) is 13.6. The van der Waals surface area contributed by atoms with Gasteiger partial charge in [-0.05, 0) is 25.0 Å². The summed E-state index contributed by atoms with van der Waals surface area (Å²) in [5.74, 6) is -4.21. The molecule has 1 fully saturated rings. The molecule has 1 aliphatic carbocycles. The zero-order chi connectivity index (χ0) is 14.3. The number of rotatable bonds is 4. The highest BCUT2D eigenvalue weighted by Gasteiger charge is 2.48. The van der Waals surface area contributed by atoms with E-state index in [1.54, 1.807) is 0 Å². The Morgan fingerprint density at radius 2 is 2.05 bits per heavy atom. The van der Waals surface area contributed by atoms with Crippen LogP contribution in [0.3, 0.4) is 0 Å². The molecule has 0 atom stereocenters. The lowest BCUT2D eigenvalue weighted by molar-refractivity contribution is 0.0169. The molecule has 0 heterocycles. The predicted molar refractivity (Wildman–Crippen MR) is 61.6 cm³/mol. The number of isocyanates is 1. The third-order valence-electron chi connectivity index (χ3n) is 3.24. The number of hydrogen-bond acceptors (Lipinski definition) is 3. The van der Waals surface area contributed by atoms with E-state index in [0.29, 0.717) is 19.8 Å². The van der Waals surface area contributed by atoms with E-state index in [4.69, 9.17) is 4.74 Å². The number of hydrogen-bond donors (Lipinski definition) is 0. The summed E-state index contributed by atoms with van der Waals surface area (Å²) in [6.07, 6.45) is 2.37. The van der Waals surface area contributed by atoms with Crippen molar-refractivity contribution in [2.45, 2.75) is 31.2 Å². The van der Waals surface area contributed by atoms with Crippen molar-refractivity contribution in [3.63, 3.8) is 0 Å². The lowest BCUT2D eigenvalue weighted by atomic mass is 9.98. The molecule has 2 rings (SSSR count). The quantitative estimate of drug-likeness (QED) is 0.622. The summed E-state index contributed by atoms with van der Waals surface area (Å²) in [7, 11) is 1.24. The van der Waals surface area contributed by atoms with Crippen LogP contribution in [0.1, 0.15) is 30.9 Å². The van der Waals surface area contributed by atoms with Gasteiger partial charge in [-0.2, -0.15) is 4.99 Å². The van der Waals surface area contributed by atoms with Gasteiger partial charge in [-0.15, -0.1) is 0 Å². The Labute approximate surface area is 108 Å². The summed E-state index contributed by atoms with van der Waals surface area (Å²) in [6.45, 7) is 0.681. The highest BCUT2D eigenvalue weighted by molar-refractivity contribution is 5.50. The van der Waals surface area contributed by atoms with Gasteiger partial charge in [0.05, 0.1) is 7.11 Å². The topological polar surface area (TPSA) is 38.7 Å². The normalized spacial score (nSPS) is 16.7. The van der Waals surface area contributed by atoms with E-state index in [2.05, 4.69) is 4.99 Å². The van der Waals surface area contributed by atoms with Crippen LogP contribution in [0, 0.1) is 5.82 Å². The number of ether oxygens (including phenoxy) is 1. The van der Waals surface area contributed by atoms with Gasteiger partial charge in [0, 0.05) is 18.1 Å². The molecule has 0 bridgehead atoms. The first-order valence-electron chi connectivity index (χ1n) is 5.69. The van der Waals surface area contributed by atoms with Crippen molar-refractivity contribution >= 4 is 6.08 Å². The van der Waals surface area contributed by atoms with Crippen LogP contribution in [-0.4, -0.2) is 13.2 Å². The molecule has 0 spiro atoms. The van der Waals surface area contributed by atoms with E-state index in [1.807, 2.05) is 0 Å². The summed E-state index contributed by atoms with van der Waals surface area (Å²) in [4.78, 5) is 14.0. The minimum atomic E-state index is -3.18. The van der Waals surface area contributed by atoms with Gasteiger partial charge in [0.2, 0.25) is 6.08 Å². The van der Waals surface area contributed by atoms with Crippen LogP contribution in [0.2, 0.25) is 0 Å². The summed E-state index contributed by atoms with van der Waals surface area (Å²) in [5.41, 5.74) is -1.25. The molecule has 3 nitrogen and oxygen atoms in total. The molecule has 0 aliphatic heterocycles. The van der Waals surface area contributed by atoms with Gasteiger partial charge >= 0.3 is 0 Å². The second-order valence-electron chi connectivity index (χ2n) is 4.66. The molecule has 0 unspecified atom stereocenters. The monoisotopic (exact) mass is 271 g/mol. The molecule has 1 aliphatic rings. The molecular weight excluding hydrogens is 259 g/mol. The fourth-order valence-electron chi connectivity index (χ4n) is 2.05. The Morgan fingerprint density at radius 1 is 1.42 bits per heavy atom. The molecule has 0 amide bonds. The highest BCUT2D eigenvalue weighted by Crippen LogP contribution is 2.53. The Kier molecular flexibility index (Phi) is 3.14. The maximum Gasteiger partial charge on any atom is 0.270 e. The van der Waals surface area contributed by atoms with Gasteiger partial charge in [0.15, 0.2) is 11.6 Å². The number of carbonyl (C=O) groups excluding carboxylic acids is 1. The predicted octanol–water partition coefficient (Wildman–Crippen LogP) is 3.27. The van der Waals surface area contributed by atoms with E-state index < -0.39 is 22.8 Å². The van der Waals surface area contributed by atoms with E-state index >= 15 is 0 Å². The van der Waals surface area contributed by atoms with Crippen molar-refractivity contribution in [2.75, 3.05) is 7.11 Å². The van der Waals surface area contributed by atoms with Crippen LogP contribution < -0.4 is 4.74 Å². The third kappa shape index (κ3) is 2.36. The van der Waals surface area contributed by atoms with Gasteiger partial charge in [0.25, 0.3) is 5.92 Å². The summed E-state index contributed by atoms with van der Waals surface area (Å²) < 4.78 is 45.4. The number of aliphatic imine (C=N–C) groups is 1. The van der Waals surface area contributed by atoms with Crippen molar-refractivity contribution < 1.29 is 22.7 Å². The van der Waals surface area contributed by atoms with Crippen LogP contribution in [-0.2, 0) is 16.3 Å². The smallest absolute Gasteiger partial charge is 0.270 e. The zero-order valence-electron chi connectivity index (χ0n) is 10.5. The van der Waals surface area contributed by atoms with Gasteiger partial charge in [0.1, 0.15) is 5.54 Å². The van der Waals surface area contributed by atoms with E-state index in [1.165, 1.54) is 13.2 Å².